The molecule has 0 spiro atoms. The molecule has 7 heteroatoms. The highest BCUT2D eigenvalue weighted by Gasteiger charge is 2.10. The first kappa shape index (κ1) is 18.5. The van der Waals surface area contributed by atoms with Crippen LogP contribution in [-0.4, -0.2) is 29.2 Å². The number of ether oxygens (including phenoxy) is 1. The van der Waals surface area contributed by atoms with Crippen molar-refractivity contribution in [3.05, 3.63) is 40.9 Å². The second-order valence-electron chi connectivity index (χ2n) is 5.09. The van der Waals surface area contributed by atoms with E-state index in [9.17, 15) is 9.59 Å². The number of esters is 1. The second-order valence-corrected chi connectivity index (χ2v) is 7.11. The highest BCUT2D eigenvalue weighted by Crippen LogP contribution is 2.20. The summed E-state index contributed by atoms with van der Waals surface area (Å²) < 4.78 is 4.87. The maximum Gasteiger partial charge on any atom is 0.311 e. The zero-order valence-corrected chi connectivity index (χ0v) is 15.3. The molecule has 0 aliphatic carbocycles. The molecule has 0 bridgehead atoms. The minimum absolute atomic E-state index is 0.0772. The Hall–Kier alpha value is -1.86. The summed E-state index contributed by atoms with van der Waals surface area (Å²) in [5.74, 6) is 0.317. The van der Waals surface area contributed by atoms with Crippen molar-refractivity contribution in [2.75, 3.05) is 17.7 Å². The lowest BCUT2D eigenvalue weighted by Crippen LogP contribution is -2.12. The number of carbonyl (C=O) groups is 2. The van der Waals surface area contributed by atoms with Crippen molar-refractivity contribution in [3.63, 3.8) is 0 Å². The van der Waals surface area contributed by atoms with Gasteiger partial charge in [0, 0.05) is 22.4 Å². The Kier molecular flexibility index (Phi) is 7.27. The fourth-order valence-corrected chi connectivity index (χ4v) is 3.46. The summed E-state index contributed by atoms with van der Waals surface area (Å²) >= 11 is 2.96. The molecule has 1 N–H and O–H groups in total. The van der Waals surface area contributed by atoms with Gasteiger partial charge in [0.25, 0.3) is 0 Å². The lowest BCUT2D eigenvalue weighted by molar-refractivity contribution is -0.142. The topological polar surface area (TPSA) is 68.3 Å². The van der Waals surface area contributed by atoms with Crippen LogP contribution in [0.5, 0.6) is 0 Å². The van der Waals surface area contributed by atoms with E-state index in [0.29, 0.717) is 29.6 Å². The van der Waals surface area contributed by atoms with Gasteiger partial charge < -0.3 is 10.1 Å². The van der Waals surface area contributed by atoms with E-state index in [0.717, 1.165) is 4.90 Å². The lowest BCUT2D eigenvalue weighted by Gasteiger charge is -2.03. The van der Waals surface area contributed by atoms with Gasteiger partial charge in [-0.3, -0.25) is 9.59 Å². The summed E-state index contributed by atoms with van der Waals surface area (Å²) in [6.45, 7) is 4.16. The van der Waals surface area contributed by atoms with Crippen LogP contribution in [0.1, 0.15) is 24.6 Å². The number of rotatable bonds is 8. The first-order valence-corrected chi connectivity index (χ1v) is 9.52. The number of thioether (sulfide) groups is 1. The molecule has 128 valence electrons. The van der Waals surface area contributed by atoms with E-state index in [2.05, 4.69) is 34.6 Å². The highest BCUT2D eigenvalue weighted by molar-refractivity contribution is 7.99. The Morgan fingerprint density at radius 1 is 1.29 bits per heavy atom. The third-order valence-corrected chi connectivity index (χ3v) is 4.87. The number of aromatic nitrogens is 1. The van der Waals surface area contributed by atoms with Crippen molar-refractivity contribution in [1.82, 2.24) is 4.98 Å². The molecular formula is C17H20N2O3S2. The Labute approximate surface area is 149 Å². The van der Waals surface area contributed by atoms with Crippen molar-refractivity contribution in [3.8, 4) is 0 Å². The average molecular weight is 364 g/mol. The lowest BCUT2D eigenvalue weighted by atomic mass is 10.2. The molecule has 24 heavy (non-hydrogen) atoms. The van der Waals surface area contributed by atoms with Crippen LogP contribution in [-0.2, 0) is 20.7 Å². The molecule has 0 radical (unpaired) electrons. The van der Waals surface area contributed by atoms with Crippen LogP contribution in [0.4, 0.5) is 5.13 Å². The SMILES string of the molecule is CCOC(=O)Cc1csc(NC(=O)CCSc2ccc(C)cc2)n1. The van der Waals surface area contributed by atoms with Gasteiger partial charge in [-0.2, -0.15) is 0 Å². The van der Waals surface area contributed by atoms with Crippen LogP contribution >= 0.6 is 23.1 Å². The molecule has 0 aliphatic heterocycles. The number of benzene rings is 1. The second kappa shape index (κ2) is 9.44. The van der Waals surface area contributed by atoms with Crippen LogP contribution in [0.3, 0.4) is 0 Å². The minimum Gasteiger partial charge on any atom is -0.466 e. The first-order chi connectivity index (χ1) is 11.6. The zero-order valence-electron chi connectivity index (χ0n) is 13.7. The third kappa shape index (κ3) is 6.33. The van der Waals surface area contributed by atoms with E-state index in [1.807, 2.05) is 6.92 Å². The number of anilines is 1. The molecule has 0 saturated heterocycles. The summed E-state index contributed by atoms with van der Waals surface area (Å²) in [6.07, 6.45) is 0.537. The van der Waals surface area contributed by atoms with Crippen LogP contribution in [0.2, 0.25) is 0 Å². The molecule has 0 unspecified atom stereocenters. The number of thiazole rings is 1. The molecule has 0 saturated carbocycles. The number of hydrogen-bond donors (Lipinski definition) is 1. The molecule has 2 aromatic rings. The van der Waals surface area contributed by atoms with E-state index >= 15 is 0 Å². The molecule has 1 aromatic heterocycles. The molecule has 1 amide bonds. The molecular weight excluding hydrogens is 344 g/mol. The third-order valence-electron chi connectivity index (χ3n) is 3.05. The molecule has 1 heterocycles. The van der Waals surface area contributed by atoms with Crippen LogP contribution < -0.4 is 5.32 Å². The fourth-order valence-electron chi connectivity index (χ4n) is 1.88. The van der Waals surface area contributed by atoms with Crippen molar-refractivity contribution < 1.29 is 14.3 Å². The van der Waals surface area contributed by atoms with Crippen LogP contribution in [0.15, 0.2) is 34.5 Å². The van der Waals surface area contributed by atoms with Crippen molar-refractivity contribution in [2.45, 2.75) is 31.6 Å². The summed E-state index contributed by atoms with van der Waals surface area (Å²) in [5, 5.41) is 5.04. The maximum absolute atomic E-state index is 11.9. The van der Waals surface area contributed by atoms with E-state index in [1.165, 1.54) is 16.9 Å². The van der Waals surface area contributed by atoms with E-state index < -0.39 is 0 Å². The number of aryl methyl sites for hydroxylation is 1. The largest absolute Gasteiger partial charge is 0.466 e. The predicted molar refractivity (Wildman–Crippen MR) is 97.6 cm³/mol. The first-order valence-electron chi connectivity index (χ1n) is 7.66. The highest BCUT2D eigenvalue weighted by atomic mass is 32.2. The molecule has 0 fully saturated rings. The molecule has 0 atom stereocenters. The Morgan fingerprint density at radius 2 is 2.04 bits per heavy atom. The number of carbonyl (C=O) groups excluding carboxylic acids is 2. The van der Waals surface area contributed by atoms with Crippen molar-refractivity contribution in [2.24, 2.45) is 0 Å². The zero-order chi connectivity index (χ0) is 17.4. The van der Waals surface area contributed by atoms with Gasteiger partial charge in [0.2, 0.25) is 5.91 Å². The molecule has 0 aliphatic rings. The minimum atomic E-state index is -0.310. The van der Waals surface area contributed by atoms with Gasteiger partial charge in [-0.25, -0.2) is 4.98 Å². The summed E-state index contributed by atoms with van der Waals surface area (Å²) in [4.78, 5) is 28.7. The molecule has 2 rings (SSSR count). The van der Waals surface area contributed by atoms with E-state index in [4.69, 9.17) is 4.74 Å². The smallest absolute Gasteiger partial charge is 0.311 e. The number of amides is 1. The van der Waals surface area contributed by atoms with Crippen molar-refractivity contribution in [1.29, 1.82) is 0 Å². The fraction of sp³-hybridized carbons (Fsp3) is 0.353. The van der Waals surface area contributed by atoms with Crippen LogP contribution in [0, 0.1) is 6.92 Å². The van der Waals surface area contributed by atoms with E-state index in [1.54, 1.807) is 24.1 Å². The van der Waals surface area contributed by atoms with Gasteiger partial charge >= 0.3 is 5.97 Å². The normalized spacial score (nSPS) is 10.4. The van der Waals surface area contributed by atoms with E-state index in [-0.39, 0.29) is 18.3 Å². The summed E-state index contributed by atoms with van der Waals surface area (Å²) in [5.41, 5.74) is 1.84. The van der Waals surface area contributed by atoms with Gasteiger partial charge in [0.15, 0.2) is 5.13 Å². The predicted octanol–water partition coefficient (Wildman–Crippen LogP) is 3.68. The average Bonchev–Trinajstić information content (AvgIpc) is 2.96. The van der Waals surface area contributed by atoms with Gasteiger partial charge in [0.1, 0.15) is 0 Å². The van der Waals surface area contributed by atoms with Crippen molar-refractivity contribution >= 4 is 40.1 Å². The maximum atomic E-state index is 11.9. The standard InChI is InChI=1S/C17H20N2O3S2/c1-3-22-16(21)10-13-11-24-17(18-13)19-15(20)8-9-23-14-6-4-12(2)5-7-14/h4-7,11H,3,8-10H2,1-2H3,(H,18,19,20). The van der Waals surface area contributed by atoms with Gasteiger partial charge in [-0.05, 0) is 26.0 Å². The monoisotopic (exact) mass is 364 g/mol. The number of nitrogens with zero attached hydrogens (tertiary/aromatic N) is 1. The summed E-state index contributed by atoms with van der Waals surface area (Å²) in [6, 6.07) is 8.23. The van der Waals surface area contributed by atoms with Crippen LogP contribution in [0.25, 0.3) is 0 Å². The van der Waals surface area contributed by atoms with Gasteiger partial charge in [-0.1, -0.05) is 17.7 Å². The van der Waals surface area contributed by atoms with Gasteiger partial charge in [-0.15, -0.1) is 23.1 Å². The van der Waals surface area contributed by atoms with Gasteiger partial charge in [0.05, 0.1) is 18.7 Å². The summed E-state index contributed by atoms with van der Waals surface area (Å²) in [7, 11) is 0. The Morgan fingerprint density at radius 3 is 2.75 bits per heavy atom. The number of hydrogen-bond acceptors (Lipinski definition) is 6. The Bertz CT molecular complexity index is 683. The molecule has 5 nitrogen and oxygen atoms in total. The quantitative estimate of drug-likeness (QED) is 0.572. The Balaban J connectivity index is 1.73. The molecule has 1 aromatic carbocycles. The number of nitrogens with one attached hydrogen (secondary N) is 1.